The quantitative estimate of drug-likeness (QED) is 0.409. The third kappa shape index (κ3) is 9.37. The molecular formula is C10H20O3. The predicted octanol–water partition coefficient (Wildman–Crippen LogP) is 1.98. The van der Waals surface area contributed by atoms with Crippen LogP contribution in [0.3, 0.4) is 0 Å². The molecule has 0 radical (unpaired) electrons. The van der Waals surface area contributed by atoms with Crippen LogP contribution in [0.25, 0.3) is 0 Å². The Hall–Kier alpha value is -0.540. The van der Waals surface area contributed by atoms with Gasteiger partial charge in [-0.05, 0) is 13.3 Å². The van der Waals surface area contributed by atoms with Crippen molar-refractivity contribution in [3.63, 3.8) is 0 Å². The molecule has 0 spiro atoms. The van der Waals surface area contributed by atoms with E-state index >= 15 is 0 Å². The zero-order valence-electron chi connectivity index (χ0n) is 8.62. The number of hydrogen-bond donors (Lipinski definition) is 0. The minimum absolute atomic E-state index is 0.170. The zero-order chi connectivity index (χ0) is 9.94. The van der Waals surface area contributed by atoms with Crippen LogP contribution in [-0.4, -0.2) is 32.5 Å². The normalized spacial score (nSPS) is 12.5. The van der Waals surface area contributed by atoms with E-state index < -0.39 is 0 Å². The molecule has 0 aromatic rings. The summed E-state index contributed by atoms with van der Waals surface area (Å²) in [6.07, 6.45) is 2.63. The van der Waals surface area contributed by atoms with Crippen molar-refractivity contribution in [1.29, 1.82) is 0 Å². The molecule has 0 saturated heterocycles. The number of rotatable bonds is 9. The van der Waals surface area contributed by atoms with Gasteiger partial charge in [-0.2, -0.15) is 0 Å². The van der Waals surface area contributed by atoms with Gasteiger partial charge in [0.25, 0.3) is 0 Å². The van der Waals surface area contributed by atoms with Crippen molar-refractivity contribution in [2.45, 2.75) is 26.4 Å². The molecule has 0 heterocycles. The SMILES string of the molecule is C=COCCOCC(C)OCCC. The van der Waals surface area contributed by atoms with E-state index in [0.717, 1.165) is 13.0 Å². The van der Waals surface area contributed by atoms with Gasteiger partial charge in [-0.15, -0.1) is 0 Å². The van der Waals surface area contributed by atoms with Crippen molar-refractivity contribution in [2.75, 3.05) is 26.4 Å². The Morgan fingerprint density at radius 1 is 1.31 bits per heavy atom. The summed E-state index contributed by atoms with van der Waals surface area (Å²) in [6.45, 7) is 10.1. The van der Waals surface area contributed by atoms with Gasteiger partial charge >= 0.3 is 0 Å². The molecule has 0 aromatic carbocycles. The molecule has 0 bridgehead atoms. The van der Waals surface area contributed by atoms with Gasteiger partial charge in [-0.1, -0.05) is 13.5 Å². The Labute approximate surface area is 80.7 Å². The highest BCUT2D eigenvalue weighted by Gasteiger charge is 2.00. The summed E-state index contributed by atoms with van der Waals surface area (Å²) in [7, 11) is 0. The lowest BCUT2D eigenvalue weighted by atomic mass is 10.4. The summed E-state index contributed by atoms with van der Waals surface area (Å²) in [6, 6.07) is 0. The van der Waals surface area contributed by atoms with Crippen molar-refractivity contribution in [2.24, 2.45) is 0 Å². The van der Waals surface area contributed by atoms with Gasteiger partial charge in [-0.3, -0.25) is 0 Å². The predicted molar refractivity (Wildman–Crippen MR) is 52.7 cm³/mol. The van der Waals surface area contributed by atoms with Crippen molar-refractivity contribution in [1.82, 2.24) is 0 Å². The average Bonchev–Trinajstić information content (AvgIpc) is 2.14. The fraction of sp³-hybridized carbons (Fsp3) is 0.800. The molecule has 0 fully saturated rings. The Balaban J connectivity index is 3.07. The Morgan fingerprint density at radius 3 is 2.69 bits per heavy atom. The summed E-state index contributed by atoms with van der Waals surface area (Å²) in [5.41, 5.74) is 0. The van der Waals surface area contributed by atoms with Crippen LogP contribution >= 0.6 is 0 Å². The van der Waals surface area contributed by atoms with Gasteiger partial charge < -0.3 is 14.2 Å². The first-order valence-electron chi connectivity index (χ1n) is 4.73. The molecule has 13 heavy (non-hydrogen) atoms. The molecule has 0 aliphatic rings. The summed E-state index contributed by atoms with van der Waals surface area (Å²) in [5.74, 6) is 0. The van der Waals surface area contributed by atoms with E-state index in [1.54, 1.807) is 0 Å². The molecule has 78 valence electrons. The van der Waals surface area contributed by atoms with Gasteiger partial charge in [0.05, 0.1) is 25.6 Å². The largest absolute Gasteiger partial charge is 0.499 e. The van der Waals surface area contributed by atoms with Gasteiger partial charge in [0.15, 0.2) is 0 Å². The second-order valence-electron chi connectivity index (χ2n) is 2.79. The molecule has 0 saturated carbocycles. The smallest absolute Gasteiger partial charge is 0.111 e. The van der Waals surface area contributed by atoms with Crippen molar-refractivity contribution in [3.05, 3.63) is 12.8 Å². The summed E-state index contributed by atoms with van der Waals surface area (Å²) in [5, 5.41) is 0. The Bertz CT molecular complexity index is 115. The monoisotopic (exact) mass is 188 g/mol. The third-order valence-electron chi connectivity index (χ3n) is 1.42. The minimum Gasteiger partial charge on any atom is -0.499 e. The topological polar surface area (TPSA) is 27.7 Å². The average molecular weight is 188 g/mol. The molecule has 1 atom stereocenters. The van der Waals surface area contributed by atoms with Crippen LogP contribution in [0.5, 0.6) is 0 Å². The molecule has 1 unspecified atom stereocenters. The molecule has 0 aliphatic carbocycles. The molecule has 0 aliphatic heterocycles. The fourth-order valence-electron chi connectivity index (χ4n) is 0.807. The van der Waals surface area contributed by atoms with Gasteiger partial charge in [0.2, 0.25) is 0 Å². The second kappa shape index (κ2) is 9.55. The number of hydrogen-bond acceptors (Lipinski definition) is 3. The highest BCUT2D eigenvalue weighted by atomic mass is 16.5. The van der Waals surface area contributed by atoms with E-state index in [0.29, 0.717) is 19.8 Å². The lowest BCUT2D eigenvalue weighted by molar-refractivity contribution is -0.0154. The first-order chi connectivity index (χ1) is 6.31. The van der Waals surface area contributed by atoms with Crippen LogP contribution < -0.4 is 0 Å². The fourth-order valence-corrected chi connectivity index (χ4v) is 0.807. The molecule has 0 rings (SSSR count). The maximum absolute atomic E-state index is 5.41. The highest BCUT2D eigenvalue weighted by molar-refractivity contribution is 4.49. The number of ether oxygens (including phenoxy) is 3. The molecule has 0 N–H and O–H groups in total. The van der Waals surface area contributed by atoms with Crippen molar-refractivity contribution >= 4 is 0 Å². The standard InChI is InChI=1S/C10H20O3/c1-4-6-13-10(3)9-12-8-7-11-5-2/h5,10H,2,4,6-9H2,1,3H3. The van der Waals surface area contributed by atoms with E-state index in [1.807, 2.05) is 6.92 Å². The van der Waals surface area contributed by atoms with Gasteiger partial charge in [0.1, 0.15) is 6.61 Å². The lowest BCUT2D eigenvalue weighted by Gasteiger charge is -2.12. The summed E-state index contributed by atoms with van der Waals surface area (Å²) >= 11 is 0. The maximum atomic E-state index is 5.41. The third-order valence-corrected chi connectivity index (χ3v) is 1.42. The van der Waals surface area contributed by atoms with Gasteiger partial charge in [0, 0.05) is 6.61 Å². The molecule has 0 aromatic heterocycles. The summed E-state index contributed by atoms with van der Waals surface area (Å²) < 4.78 is 15.6. The maximum Gasteiger partial charge on any atom is 0.111 e. The highest BCUT2D eigenvalue weighted by Crippen LogP contribution is 1.93. The molecular weight excluding hydrogens is 168 g/mol. The van der Waals surface area contributed by atoms with Crippen molar-refractivity contribution < 1.29 is 14.2 Å². The van der Waals surface area contributed by atoms with Gasteiger partial charge in [-0.25, -0.2) is 0 Å². The molecule has 0 amide bonds. The summed E-state index contributed by atoms with van der Waals surface area (Å²) in [4.78, 5) is 0. The van der Waals surface area contributed by atoms with E-state index in [9.17, 15) is 0 Å². The Morgan fingerprint density at radius 2 is 2.08 bits per heavy atom. The van der Waals surface area contributed by atoms with E-state index in [-0.39, 0.29) is 6.10 Å². The Kier molecular flexibility index (Phi) is 9.15. The van der Waals surface area contributed by atoms with E-state index in [4.69, 9.17) is 14.2 Å². The molecule has 3 heteroatoms. The first kappa shape index (κ1) is 12.5. The minimum atomic E-state index is 0.170. The van der Waals surface area contributed by atoms with Crippen LogP contribution in [0.15, 0.2) is 12.8 Å². The molecule has 3 nitrogen and oxygen atoms in total. The van der Waals surface area contributed by atoms with Crippen molar-refractivity contribution in [3.8, 4) is 0 Å². The van der Waals surface area contributed by atoms with Crippen LogP contribution in [0.2, 0.25) is 0 Å². The van der Waals surface area contributed by atoms with Crippen LogP contribution in [0.4, 0.5) is 0 Å². The van der Waals surface area contributed by atoms with E-state index in [2.05, 4.69) is 13.5 Å². The second-order valence-corrected chi connectivity index (χ2v) is 2.79. The first-order valence-corrected chi connectivity index (χ1v) is 4.73. The van der Waals surface area contributed by atoms with E-state index in [1.165, 1.54) is 6.26 Å². The zero-order valence-corrected chi connectivity index (χ0v) is 8.62. The van der Waals surface area contributed by atoms with Crippen LogP contribution in [-0.2, 0) is 14.2 Å². The van der Waals surface area contributed by atoms with Crippen LogP contribution in [0, 0.1) is 0 Å². The lowest BCUT2D eigenvalue weighted by Crippen LogP contribution is -2.17. The van der Waals surface area contributed by atoms with Crippen LogP contribution in [0.1, 0.15) is 20.3 Å².